The lowest BCUT2D eigenvalue weighted by Crippen LogP contribution is -2.38. The Bertz CT molecular complexity index is 865. The van der Waals surface area contributed by atoms with Gasteiger partial charge in [-0.25, -0.2) is 12.8 Å². The van der Waals surface area contributed by atoms with E-state index in [4.69, 9.17) is 0 Å². The van der Waals surface area contributed by atoms with Crippen LogP contribution in [0.1, 0.15) is 20.8 Å². The van der Waals surface area contributed by atoms with Crippen LogP contribution in [0.15, 0.2) is 27.7 Å². The number of fused-ring (bicyclic) bond motifs is 1. The number of hydrogen-bond donors (Lipinski definition) is 0. The highest BCUT2D eigenvalue weighted by Gasteiger charge is 2.50. The zero-order valence-electron chi connectivity index (χ0n) is 14.0. The van der Waals surface area contributed by atoms with Crippen molar-refractivity contribution in [3.63, 3.8) is 0 Å². The Morgan fingerprint density at radius 1 is 1.36 bits per heavy atom. The molecule has 0 unspecified atom stereocenters. The maximum Gasteiger partial charge on any atom is 0.253 e. The maximum absolute atomic E-state index is 14.5. The Balaban J connectivity index is 2.07. The molecule has 2 atom stereocenters. The molecule has 2 heterocycles. The summed E-state index contributed by atoms with van der Waals surface area (Å²) in [6.07, 6.45) is 0. The van der Waals surface area contributed by atoms with Gasteiger partial charge in [0.05, 0.1) is 23.2 Å². The minimum atomic E-state index is -3.18. The second-order valence-electron chi connectivity index (χ2n) is 7.22. The van der Waals surface area contributed by atoms with E-state index in [0.717, 1.165) is 0 Å². The molecule has 1 amide bonds. The van der Waals surface area contributed by atoms with Crippen LogP contribution in [0.3, 0.4) is 0 Å². The van der Waals surface area contributed by atoms with Gasteiger partial charge in [0.25, 0.3) is 5.91 Å². The Labute approximate surface area is 159 Å². The van der Waals surface area contributed by atoms with E-state index in [2.05, 4.69) is 20.9 Å². The topological polar surface area (TPSA) is 66.8 Å². The molecule has 2 saturated heterocycles. The van der Waals surface area contributed by atoms with Crippen LogP contribution in [0.5, 0.6) is 0 Å². The van der Waals surface area contributed by atoms with Crippen LogP contribution in [0.25, 0.3) is 0 Å². The Kier molecular flexibility index (Phi) is 4.79. The fourth-order valence-corrected chi connectivity index (χ4v) is 7.02. The summed E-state index contributed by atoms with van der Waals surface area (Å²) in [6.45, 7) is 5.28. The van der Waals surface area contributed by atoms with Crippen LogP contribution < -0.4 is 4.90 Å². The SMILES string of the molecule is CC(C)(C)C(=O)N=C1S[C@H]2CS(=O)(=O)C[C@H]2N1c1ccc(Br)cc1F. The summed E-state index contributed by atoms with van der Waals surface area (Å²) in [5.74, 6) is -0.862. The summed E-state index contributed by atoms with van der Waals surface area (Å²) >= 11 is 4.46. The normalized spacial score (nSPS) is 26.9. The minimum Gasteiger partial charge on any atom is -0.313 e. The maximum atomic E-state index is 14.5. The summed E-state index contributed by atoms with van der Waals surface area (Å²) in [5, 5.41) is 0.116. The average molecular weight is 449 g/mol. The number of amides is 1. The second kappa shape index (κ2) is 6.35. The molecule has 1 aromatic rings. The molecule has 1 aromatic carbocycles. The van der Waals surface area contributed by atoms with Crippen molar-refractivity contribution in [1.82, 2.24) is 0 Å². The van der Waals surface area contributed by atoms with Crippen molar-refractivity contribution in [3.05, 3.63) is 28.5 Å². The molecule has 0 aliphatic carbocycles. The number of sulfone groups is 1. The molecule has 2 aliphatic rings. The fraction of sp³-hybridized carbons (Fsp3) is 0.500. The highest BCUT2D eigenvalue weighted by Crippen LogP contribution is 2.42. The van der Waals surface area contributed by atoms with E-state index in [1.165, 1.54) is 17.8 Å². The molecule has 0 aromatic heterocycles. The predicted octanol–water partition coefficient (Wildman–Crippen LogP) is 3.24. The smallest absolute Gasteiger partial charge is 0.253 e. The molecule has 9 heteroatoms. The first-order valence-corrected chi connectivity index (χ1v) is 11.2. The van der Waals surface area contributed by atoms with Gasteiger partial charge < -0.3 is 4.90 Å². The van der Waals surface area contributed by atoms with Gasteiger partial charge in [0.2, 0.25) is 0 Å². The van der Waals surface area contributed by atoms with Gasteiger partial charge in [0, 0.05) is 15.1 Å². The molecule has 2 fully saturated rings. The summed E-state index contributed by atoms with van der Waals surface area (Å²) in [4.78, 5) is 18.1. The number of rotatable bonds is 1. The van der Waals surface area contributed by atoms with E-state index >= 15 is 0 Å². The lowest BCUT2D eigenvalue weighted by atomic mass is 9.96. The van der Waals surface area contributed by atoms with Crippen LogP contribution in [-0.4, -0.2) is 42.3 Å². The Morgan fingerprint density at radius 3 is 2.64 bits per heavy atom. The van der Waals surface area contributed by atoms with Crippen LogP contribution in [0.2, 0.25) is 0 Å². The third-order valence-corrected chi connectivity index (χ3v) is 7.78. The zero-order chi connectivity index (χ0) is 18.6. The standard InChI is InChI=1S/C16H18BrFN2O3S2/c1-16(2,3)14(21)19-15-20(11-5-4-9(17)6-10(11)18)12-7-25(22,23)8-13(12)24-15/h4-6,12-13H,7-8H2,1-3H3/t12-,13+/m1/s1. The van der Waals surface area contributed by atoms with Crippen molar-refractivity contribution < 1.29 is 17.6 Å². The summed E-state index contributed by atoms with van der Waals surface area (Å²) in [7, 11) is -3.18. The summed E-state index contributed by atoms with van der Waals surface area (Å²) in [5.41, 5.74) is -0.429. The van der Waals surface area contributed by atoms with Gasteiger partial charge in [0.15, 0.2) is 15.0 Å². The van der Waals surface area contributed by atoms with Crippen molar-refractivity contribution in [1.29, 1.82) is 0 Å². The lowest BCUT2D eigenvalue weighted by Gasteiger charge is -2.25. The highest BCUT2D eigenvalue weighted by atomic mass is 79.9. The van der Waals surface area contributed by atoms with Crippen LogP contribution in [0, 0.1) is 11.2 Å². The van der Waals surface area contributed by atoms with Gasteiger partial charge >= 0.3 is 0 Å². The van der Waals surface area contributed by atoms with Crippen LogP contribution in [-0.2, 0) is 14.6 Å². The number of benzene rings is 1. The van der Waals surface area contributed by atoms with Crippen molar-refractivity contribution >= 4 is 54.3 Å². The molecule has 5 nitrogen and oxygen atoms in total. The van der Waals surface area contributed by atoms with Gasteiger partial charge in [-0.3, -0.25) is 4.79 Å². The van der Waals surface area contributed by atoms with Gasteiger partial charge in [-0.1, -0.05) is 48.5 Å². The van der Waals surface area contributed by atoms with E-state index < -0.39 is 27.1 Å². The molecule has 0 spiro atoms. The number of amidine groups is 1. The first-order chi connectivity index (χ1) is 11.5. The predicted molar refractivity (Wildman–Crippen MR) is 102 cm³/mol. The van der Waals surface area contributed by atoms with Gasteiger partial charge in [0.1, 0.15) is 5.82 Å². The molecule has 0 bridgehead atoms. The quantitative estimate of drug-likeness (QED) is 0.659. The average Bonchev–Trinajstić information content (AvgIpc) is 2.90. The Hall–Kier alpha value is -0.930. The van der Waals surface area contributed by atoms with E-state index in [9.17, 15) is 17.6 Å². The molecular formula is C16H18BrFN2O3S2. The molecule has 0 saturated carbocycles. The third kappa shape index (κ3) is 3.78. The number of hydrogen-bond acceptors (Lipinski definition) is 4. The summed E-state index contributed by atoms with van der Waals surface area (Å²) in [6, 6.07) is 4.16. The minimum absolute atomic E-state index is 0.0136. The monoisotopic (exact) mass is 448 g/mol. The van der Waals surface area contributed by atoms with Crippen molar-refractivity contribution in [2.45, 2.75) is 32.1 Å². The number of thioether (sulfide) groups is 1. The molecule has 2 aliphatic heterocycles. The van der Waals surface area contributed by atoms with Crippen molar-refractivity contribution in [3.8, 4) is 0 Å². The number of anilines is 1. The van der Waals surface area contributed by atoms with Gasteiger partial charge in [-0.2, -0.15) is 4.99 Å². The largest absolute Gasteiger partial charge is 0.313 e. The Morgan fingerprint density at radius 2 is 2.04 bits per heavy atom. The number of carbonyl (C=O) groups is 1. The van der Waals surface area contributed by atoms with Crippen LogP contribution >= 0.6 is 27.7 Å². The highest BCUT2D eigenvalue weighted by molar-refractivity contribution is 9.10. The van der Waals surface area contributed by atoms with Gasteiger partial charge in [-0.15, -0.1) is 0 Å². The number of aliphatic imine (C=N–C) groups is 1. The first kappa shape index (κ1) is 18.8. The van der Waals surface area contributed by atoms with E-state index in [1.54, 1.807) is 37.8 Å². The molecule has 0 N–H and O–H groups in total. The summed E-state index contributed by atoms with van der Waals surface area (Å²) < 4.78 is 39.1. The van der Waals surface area contributed by atoms with Crippen molar-refractivity contribution in [2.75, 3.05) is 16.4 Å². The molecule has 25 heavy (non-hydrogen) atoms. The molecular weight excluding hydrogens is 431 g/mol. The molecule has 0 radical (unpaired) electrons. The molecule has 136 valence electrons. The molecule has 3 rings (SSSR count). The van der Waals surface area contributed by atoms with E-state index in [-0.39, 0.29) is 28.4 Å². The van der Waals surface area contributed by atoms with Gasteiger partial charge in [-0.05, 0) is 18.2 Å². The number of carbonyl (C=O) groups excluding carboxylic acids is 1. The number of nitrogens with zero attached hydrogens (tertiary/aromatic N) is 2. The fourth-order valence-electron chi connectivity index (χ4n) is 2.78. The van der Waals surface area contributed by atoms with E-state index in [0.29, 0.717) is 9.64 Å². The first-order valence-electron chi connectivity index (χ1n) is 7.72. The third-order valence-electron chi connectivity index (χ3n) is 4.07. The number of halogens is 2. The van der Waals surface area contributed by atoms with Crippen molar-refractivity contribution in [2.24, 2.45) is 10.4 Å². The van der Waals surface area contributed by atoms with E-state index in [1.807, 2.05) is 0 Å². The zero-order valence-corrected chi connectivity index (χ0v) is 17.2. The second-order valence-corrected chi connectivity index (χ2v) is 11.5. The lowest BCUT2D eigenvalue weighted by molar-refractivity contribution is -0.124. The van der Waals surface area contributed by atoms with Crippen LogP contribution in [0.4, 0.5) is 10.1 Å².